The van der Waals surface area contributed by atoms with Crippen molar-refractivity contribution in [3.05, 3.63) is 0 Å². The Kier molecular flexibility index (Phi) is 3.79. The van der Waals surface area contributed by atoms with E-state index in [1.807, 2.05) is 27.7 Å². The van der Waals surface area contributed by atoms with Crippen LogP contribution in [0.15, 0.2) is 0 Å². The molecule has 4 aliphatic heterocycles. The molecule has 4 heterocycles. The normalized spacial score (nSPS) is 47.0. The molecular formula is C17H26O8. The lowest BCUT2D eigenvalue weighted by atomic mass is 9.98. The first-order valence-corrected chi connectivity index (χ1v) is 8.70. The third-order valence-corrected chi connectivity index (χ3v) is 4.82. The van der Waals surface area contributed by atoms with Gasteiger partial charge in [0.05, 0.1) is 6.61 Å². The SMILES string of the molecule is CC1(C)OCC(C2OC(C)(C)O[C@@H]2[C@H]2OC(=O)[C@@H]3OC(C)(C)O[C@H]23)O1. The monoisotopic (exact) mass is 358 g/mol. The lowest BCUT2D eigenvalue weighted by Crippen LogP contribution is -2.48. The maximum atomic E-state index is 12.2. The molecule has 0 aromatic carbocycles. The second-order valence-electron chi connectivity index (χ2n) is 8.35. The molecule has 25 heavy (non-hydrogen) atoms. The zero-order valence-electron chi connectivity index (χ0n) is 15.4. The summed E-state index contributed by atoms with van der Waals surface area (Å²) in [6.45, 7) is 11.3. The summed E-state index contributed by atoms with van der Waals surface area (Å²) >= 11 is 0. The molecule has 0 aromatic heterocycles. The standard InChI is InChI=1S/C17H26O8/c1-15(2)19-7-8(21-15)9-11(23-16(3,4)22-9)10-12-13(14(18)20-10)25-17(5,6)24-12/h8-13H,7H2,1-6H3/t8?,9?,10-,11+,12-,13-/m1/s1. The van der Waals surface area contributed by atoms with Crippen molar-refractivity contribution in [1.82, 2.24) is 0 Å². The molecule has 0 saturated carbocycles. The number of fused-ring (bicyclic) bond motifs is 1. The van der Waals surface area contributed by atoms with E-state index in [1.54, 1.807) is 13.8 Å². The van der Waals surface area contributed by atoms with Gasteiger partial charge in [-0.05, 0) is 41.5 Å². The molecule has 4 aliphatic rings. The van der Waals surface area contributed by atoms with Crippen molar-refractivity contribution in [2.24, 2.45) is 0 Å². The topological polar surface area (TPSA) is 81.7 Å². The predicted molar refractivity (Wildman–Crippen MR) is 82.4 cm³/mol. The van der Waals surface area contributed by atoms with Gasteiger partial charge < -0.3 is 33.2 Å². The van der Waals surface area contributed by atoms with Crippen molar-refractivity contribution in [1.29, 1.82) is 0 Å². The van der Waals surface area contributed by atoms with Crippen molar-refractivity contribution >= 4 is 5.97 Å². The van der Waals surface area contributed by atoms with Gasteiger partial charge in [0.15, 0.2) is 29.6 Å². The Bertz CT molecular complexity index is 571. The fourth-order valence-corrected chi connectivity index (χ4v) is 3.97. The zero-order valence-corrected chi connectivity index (χ0v) is 15.4. The molecule has 8 nitrogen and oxygen atoms in total. The van der Waals surface area contributed by atoms with Crippen molar-refractivity contribution < 1.29 is 38.0 Å². The Hall–Kier alpha value is -0.770. The summed E-state index contributed by atoms with van der Waals surface area (Å²) in [6, 6.07) is 0. The predicted octanol–water partition coefficient (Wildman–Crippen LogP) is 1.10. The summed E-state index contributed by atoms with van der Waals surface area (Å²) in [5.41, 5.74) is 0. The van der Waals surface area contributed by atoms with E-state index in [0.29, 0.717) is 6.61 Å². The first-order chi connectivity index (χ1) is 11.5. The van der Waals surface area contributed by atoms with Gasteiger partial charge in [-0.2, -0.15) is 0 Å². The van der Waals surface area contributed by atoms with E-state index >= 15 is 0 Å². The number of cyclic esters (lactones) is 1. The van der Waals surface area contributed by atoms with E-state index in [9.17, 15) is 4.79 Å². The first kappa shape index (κ1) is 17.6. The Labute approximate surface area is 147 Å². The number of esters is 1. The van der Waals surface area contributed by atoms with Gasteiger partial charge in [-0.25, -0.2) is 4.79 Å². The summed E-state index contributed by atoms with van der Waals surface area (Å²) in [4.78, 5) is 12.2. The Morgan fingerprint density at radius 3 is 1.96 bits per heavy atom. The zero-order chi connectivity index (χ0) is 18.2. The minimum absolute atomic E-state index is 0.324. The van der Waals surface area contributed by atoms with Crippen LogP contribution in [0.5, 0.6) is 0 Å². The summed E-state index contributed by atoms with van der Waals surface area (Å²) in [5.74, 6) is -2.79. The molecule has 4 fully saturated rings. The van der Waals surface area contributed by atoms with Gasteiger partial charge in [-0.15, -0.1) is 0 Å². The number of carbonyl (C=O) groups excluding carboxylic acids is 1. The first-order valence-electron chi connectivity index (χ1n) is 8.70. The van der Waals surface area contributed by atoms with Crippen LogP contribution in [0.2, 0.25) is 0 Å². The molecule has 2 unspecified atom stereocenters. The second-order valence-corrected chi connectivity index (χ2v) is 8.35. The number of hydrogen-bond donors (Lipinski definition) is 0. The molecule has 0 spiro atoms. The van der Waals surface area contributed by atoms with Crippen LogP contribution in [-0.2, 0) is 38.0 Å². The van der Waals surface area contributed by atoms with Crippen molar-refractivity contribution in [2.75, 3.05) is 6.61 Å². The summed E-state index contributed by atoms with van der Waals surface area (Å²) in [5, 5.41) is 0. The van der Waals surface area contributed by atoms with Gasteiger partial charge in [0, 0.05) is 0 Å². The Morgan fingerprint density at radius 1 is 0.720 bits per heavy atom. The van der Waals surface area contributed by atoms with E-state index in [4.69, 9.17) is 33.2 Å². The van der Waals surface area contributed by atoms with Crippen molar-refractivity contribution in [3.8, 4) is 0 Å². The number of ether oxygens (including phenoxy) is 7. The van der Waals surface area contributed by atoms with Crippen molar-refractivity contribution in [3.63, 3.8) is 0 Å². The minimum atomic E-state index is -0.841. The highest BCUT2D eigenvalue weighted by Gasteiger charge is 2.63. The smallest absolute Gasteiger partial charge is 0.338 e. The number of hydrogen-bond acceptors (Lipinski definition) is 8. The highest BCUT2D eigenvalue weighted by molar-refractivity contribution is 5.78. The second kappa shape index (κ2) is 5.37. The number of rotatable bonds is 2. The van der Waals surface area contributed by atoms with E-state index in [-0.39, 0.29) is 6.10 Å². The van der Waals surface area contributed by atoms with Gasteiger partial charge in [-0.1, -0.05) is 0 Å². The summed E-state index contributed by atoms with van der Waals surface area (Å²) in [7, 11) is 0. The summed E-state index contributed by atoms with van der Waals surface area (Å²) < 4.78 is 40.9. The van der Waals surface area contributed by atoms with Crippen LogP contribution in [0.4, 0.5) is 0 Å². The van der Waals surface area contributed by atoms with Gasteiger partial charge in [0.1, 0.15) is 24.4 Å². The van der Waals surface area contributed by atoms with Crippen LogP contribution in [0.1, 0.15) is 41.5 Å². The van der Waals surface area contributed by atoms with Crippen LogP contribution >= 0.6 is 0 Å². The third kappa shape index (κ3) is 3.09. The van der Waals surface area contributed by atoms with Crippen LogP contribution in [-0.4, -0.2) is 66.6 Å². The quantitative estimate of drug-likeness (QED) is 0.679. The van der Waals surface area contributed by atoms with Crippen molar-refractivity contribution in [2.45, 2.75) is 95.5 Å². The molecule has 0 aliphatic carbocycles. The maximum Gasteiger partial charge on any atom is 0.338 e. The van der Waals surface area contributed by atoms with E-state index < -0.39 is 53.9 Å². The molecule has 0 amide bonds. The molecular weight excluding hydrogens is 332 g/mol. The maximum absolute atomic E-state index is 12.2. The average Bonchev–Trinajstić information content (AvgIpc) is 3.14. The van der Waals surface area contributed by atoms with Gasteiger partial charge in [0.25, 0.3) is 0 Å². The van der Waals surface area contributed by atoms with E-state index in [2.05, 4.69) is 0 Å². The molecule has 142 valence electrons. The highest BCUT2D eigenvalue weighted by Crippen LogP contribution is 2.43. The van der Waals surface area contributed by atoms with Crippen LogP contribution in [0, 0.1) is 0 Å². The average molecular weight is 358 g/mol. The van der Waals surface area contributed by atoms with Gasteiger partial charge >= 0.3 is 5.97 Å². The number of carbonyl (C=O) groups is 1. The molecule has 8 heteroatoms. The van der Waals surface area contributed by atoms with Crippen LogP contribution in [0.25, 0.3) is 0 Å². The highest BCUT2D eigenvalue weighted by atomic mass is 16.8. The fourth-order valence-electron chi connectivity index (χ4n) is 3.97. The lowest BCUT2D eigenvalue weighted by molar-refractivity contribution is -0.201. The van der Waals surface area contributed by atoms with Gasteiger partial charge in [-0.3, -0.25) is 0 Å². The molecule has 0 bridgehead atoms. The Balaban J connectivity index is 1.58. The molecule has 0 aromatic rings. The fraction of sp³-hybridized carbons (Fsp3) is 0.941. The minimum Gasteiger partial charge on any atom is -0.455 e. The molecule has 4 saturated heterocycles. The molecule has 0 N–H and O–H groups in total. The molecule has 0 radical (unpaired) electrons. The van der Waals surface area contributed by atoms with E-state index in [0.717, 1.165) is 0 Å². The molecule has 6 atom stereocenters. The summed E-state index contributed by atoms with van der Waals surface area (Å²) in [6.07, 6.45) is -3.21. The third-order valence-electron chi connectivity index (χ3n) is 4.82. The lowest BCUT2D eigenvalue weighted by Gasteiger charge is -2.29. The Morgan fingerprint density at radius 2 is 1.32 bits per heavy atom. The van der Waals surface area contributed by atoms with E-state index in [1.165, 1.54) is 0 Å². The van der Waals surface area contributed by atoms with Crippen LogP contribution in [0.3, 0.4) is 0 Å². The largest absolute Gasteiger partial charge is 0.455 e. The molecule has 4 rings (SSSR count). The van der Waals surface area contributed by atoms with Crippen LogP contribution < -0.4 is 0 Å². The van der Waals surface area contributed by atoms with Gasteiger partial charge in [0.2, 0.25) is 0 Å².